The van der Waals surface area contributed by atoms with Crippen molar-refractivity contribution in [3.05, 3.63) is 100.0 Å². The van der Waals surface area contributed by atoms with E-state index in [0.29, 0.717) is 28.6 Å². The van der Waals surface area contributed by atoms with Gasteiger partial charge in [0, 0.05) is 11.1 Å². The van der Waals surface area contributed by atoms with E-state index in [1.165, 1.54) is 0 Å². The smallest absolute Gasteiger partial charge is 0.285 e. The van der Waals surface area contributed by atoms with Crippen molar-refractivity contribution in [2.45, 2.75) is 13.5 Å². The van der Waals surface area contributed by atoms with Crippen LogP contribution in [0.1, 0.15) is 27.0 Å². The molecule has 172 valence electrons. The first-order chi connectivity index (χ1) is 16.4. The van der Waals surface area contributed by atoms with Crippen LogP contribution in [-0.2, 0) is 11.4 Å². The van der Waals surface area contributed by atoms with Crippen molar-refractivity contribution in [3.63, 3.8) is 0 Å². The maximum Gasteiger partial charge on any atom is 0.285 e. The van der Waals surface area contributed by atoms with E-state index in [2.05, 4.69) is 11.5 Å². The van der Waals surface area contributed by atoms with Gasteiger partial charge in [0.05, 0.1) is 12.0 Å². The molecule has 1 saturated heterocycles. The number of methoxy groups -OCH3 is 1. The van der Waals surface area contributed by atoms with Gasteiger partial charge in [0.25, 0.3) is 11.8 Å². The van der Waals surface area contributed by atoms with E-state index < -0.39 is 11.8 Å². The molecule has 0 spiro atoms. The highest BCUT2D eigenvalue weighted by Crippen LogP contribution is 2.33. The van der Waals surface area contributed by atoms with Crippen LogP contribution in [0.25, 0.3) is 6.08 Å². The summed E-state index contributed by atoms with van der Waals surface area (Å²) in [6.45, 7) is 2.44. The minimum atomic E-state index is -0.443. The summed E-state index contributed by atoms with van der Waals surface area (Å²) >= 11 is 6.46. The number of amides is 2. The maximum absolute atomic E-state index is 13.0. The molecule has 34 heavy (non-hydrogen) atoms. The third kappa shape index (κ3) is 5.47. The first-order valence-electron chi connectivity index (χ1n) is 10.4. The van der Waals surface area contributed by atoms with Crippen molar-refractivity contribution >= 4 is 46.2 Å². The van der Waals surface area contributed by atoms with Crippen LogP contribution in [0.15, 0.2) is 77.7 Å². The Morgan fingerprint density at radius 2 is 1.85 bits per heavy atom. The van der Waals surface area contributed by atoms with E-state index in [9.17, 15) is 9.59 Å². The van der Waals surface area contributed by atoms with Gasteiger partial charge in [-0.2, -0.15) is 5.01 Å². The molecule has 0 aliphatic carbocycles. The number of carbonyl (C=O) groups excluding carboxylic acids is 2. The van der Waals surface area contributed by atoms with Crippen LogP contribution >= 0.6 is 24.0 Å². The largest absolute Gasteiger partial charge is 0.497 e. The van der Waals surface area contributed by atoms with Crippen LogP contribution in [0.4, 0.5) is 0 Å². The second kappa shape index (κ2) is 10.5. The van der Waals surface area contributed by atoms with E-state index in [1.807, 2.05) is 49.4 Å². The lowest BCUT2D eigenvalue weighted by Gasteiger charge is -2.15. The number of hydrogen-bond donors (Lipinski definition) is 1. The Bertz CT molecular complexity index is 1270. The van der Waals surface area contributed by atoms with E-state index in [1.54, 1.807) is 37.5 Å². The number of thiocarbonyl (C=S) groups is 1. The van der Waals surface area contributed by atoms with Gasteiger partial charge in [-0.05, 0) is 61.1 Å². The molecule has 8 heteroatoms. The van der Waals surface area contributed by atoms with Crippen molar-refractivity contribution in [2.75, 3.05) is 7.11 Å². The lowest BCUT2D eigenvalue weighted by atomic mass is 10.1. The van der Waals surface area contributed by atoms with Gasteiger partial charge in [-0.15, -0.1) is 0 Å². The molecule has 0 aromatic heterocycles. The summed E-state index contributed by atoms with van der Waals surface area (Å²) in [5, 5.41) is 1.09. The van der Waals surface area contributed by atoms with E-state index >= 15 is 0 Å². The van der Waals surface area contributed by atoms with Gasteiger partial charge < -0.3 is 9.47 Å². The van der Waals surface area contributed by atoms with Gasteiger partial charge in [0.1, 0.15) is 18.1 Å². The Kier molecular flexibility index (Phi) is 7.30. The highest BCUT2D eigenvalue weighted by atomic mass is 32.2. The molecule has 0 radical (unpaired) electrons. The van der Waals surface area contributed by atoms with E-state index in [0.717, 1.165) is 33.5 Å². The quantitative estimate of drug-likeness (QED) is 0.366. The number of benzene rings is 3. The lowest BCUT2D eigenvalue weighted by Crippen LogP contribution is -2.44. The molecule has 1 fully saturated rings. The molecule has 1 N–H and O–H groups in total. The number of para-hydroxylation sites is 1. The topological polar surface area (TPSA) is 67.9 Å². The van der Waals surface area contributed by atoms with Gasteiger partial charge in [0.2, 0.25) is 0 Å². The molecule has 1 aliphatic heterocycles. The summed E-state index contributed by atoms with van der Waals surface area (Å²) in [7, 11) is 1.55. The predicted molar refractivity (Wildman–Crippen MR) is 137 cm³/mol. The summed E-state index contributed by atoms with van der Waals surface area (Å²) in [5.74, 6) is 0.442. The third-order valence-corrected chi connectivity index (χ3v) is 6.34. The number of hydrazine groups is 1. The molecule has 3 aromatic rings. The molecule has 0 bridgehead atoms. The summed E-state index contributed by atoms with van der Waals surface area (Å²) in [6.07, 6.45) is 1.73. The lowest BCUT2D eigenvalue weighted by molar-refractivity contribution is -0.123. The Morgan fingerprint density at radius 1 is 1.09 bits per heavy atom. The number of carbonyl (C=O) groups is 2. The monoisotopic (exact) mass is 490 g/mol. The van der Waals surface area contributed by atoms with Crippen molar-refractivity contribution < 1.29 is 19.1 Å². The second-order valence-corrected chi connectivity index (χ2v) is 9.18. The fourth-order valence-electron chi connectivity index (χ4n) is 3.31. The normalized spacial score (nSPS) is 14.4. The van der Waals surface area contributed by atoms with Gasteiger partial charge in [0.15, 0.2) is 4.32 Å². The van der Waals surface area contributed by atoms with E-state index in [4.69, 9.17) is 21.7 Å². The SMILES string of the molecule is COc1ccc(C(=O)NN2C(=O)/C(=C\c3ccccc3OCc3cccc(C)c3)SC2=S)cc1. The number of rotatable bonds is 7. The van der Waals surface area contributed by atoms with Crippen LogP contribution in [0.2, 0.25) is 0 Å². The summed E-state index contributed by atoms with van der Waals surface area (Å²) < 4.78 is 11.4. The highest BCUT2D eigenvalue weighted by molar-refractivity contribution is 8.26. The minimum absolute atomic E-state index is 0.247. The highest BCUT2D eigenvalue weighted by Gasteiger charge is 2.34. The van der Waals surface area contributed by atoms with Crippen LogP contribution in [0.5, 0.6) is 11.5 Å². The van der Waals surface area contributed by atoms with Crippen molar-refractivity contribution in [2.24, 2.45) is 0 Å². The average Bonchev–Trinajstić information content (AvgIpc) is 3.11. The molecule has 6 nitrogen and oxygen atoms in total. The zero-order chi connectivity index (χ0) is 24.1. The Hall–Kier alpha value is -3.62. The fourth-order valence-corrected chi connectivity index (χ4v) is 4.48. The zero-order valence-electron chi connectivity index (χ0n) is 18.6. The Balaban J connectivity index is 1.48. The molecule has 3 aromatic carbocycles. The standard InChI is InChI=1S/C26H22N2O4S2/c1-17-6-5-7-18(14-17)16-32-22-9-4-3-8-20(22)15-23-25(30)28(26(33)34-23)27-24(29)19-10-12-21(31-2)13-11-19/h3-15H,16H2,1-2H3,(H,27,29)/b23-15+. The number of ether oxygens (including phenoxy) is 2. The number of nitrogens with zero attached hydrogens (tertiary/aromatic N) is 1. The summed E-state index contributed by atoms with van der Waals surface area (Å²) in [5.41, 5.74) is 5.93. The molecular weight excluding hydrogens is 468 g/mol. The molecular formula is C26H22N2O4S2. The van der Waals surface area contributed by atoms with Crippen LogP contribution in [0.3, 0.4) is 0 Å². The second-order valence-electron chi connectivity index (χ2n) is 7.50. The van der Waals surface area contributed by atoms with Crippen molar-refractivity contribution in [3.8, 4) is 11.5 Å². The first-order valence-corrected chi connectivity index (χ1v) is 11.7. The van der Waals surface area contributed by atoms with Crippen molar-refractivity contribution in [1.82, 2.24) is 10.4 Å². The molecule has 1 aliphatic rings. The van der Waals surface area contributed by atoms with Gasteiger partial charge in [-0.3, -0.25) is 15.0 Å². The van der Waals surface area contributed by atoms with Crippen molar-refractivity contribution in [1.29, 1.82) is 0 Å². The maximum atomic E-state index is 13.0. The minimum Gasteiger partial charge on any atom is -0.497 e. The van der Waals surface area contributed by atoms with Gasteiger partial charge in [-0.1, -0.05) is 59.8 Å². The third-order valence-electron chi connectivity index (χ3n) is 5.04. The Morgan fingerprint density at radius 3 is 2.59 bits per heavy atom. The number of thioether (sulfide) groups is 1. The molecule has 0 unspecified atom stereocenters. The molecule has 0 atom stereocenters. The van der Waals surface area contributed by atoms with Crippen LogP contribution in [0, 0.1) is 6.92 Å². The van der Waals surface area contributed by atoms with Crippen LogP contribution in [-0.4, -0.2) is 28.3 Å². The van der Waals surface area contributed by atoms with Crippen LogP contribution < -0.4 is 14.9 Å². The first kappa shape index (κ1) is 23.5. The summed E-state index contributed by atoms with van der Waals surface area (Å²) in [4.78, 5) is 26.0. The molecule has 2 amide bonds. The van der Waals surface area contributed by atoms with E-state index in [-0.39, 0.29) is 4.32 Å². The fraction of sp³-hybridized carbons (Fsp3) is 0.115. The molecule has 0 saturated carbocycles. The molecule has 4 rings (SSSR count). The average molecular weight is 491 g/mol. The zero-order valence-corrected chi connectivity index (χ0v) is 20.2. The Labute approximate surface area is 207 Å². The summed E-state index contributed by atoms with van der Waals surface area (Å²) in [6, 6.07) is 22.2. The van der Waals surface area contributed by atoms with Gasteiger partial charge in [-0.25, -0.2) is 0 Å². The predicted octanol–water partition coefficient (Wildman–Crippen LogP) is 5.13. The number of hydrogen-bond acceptors (Lipinski definition) is 6. The molecule has 1 heterocycles. The van der Waals surface area contributed by atoms with Gasteiger partial charge >= 0.3 is 0 Å². The number of aryl methyl sites for hydroxylation is 1. The number of nitrogens with one attached hydrogen (secondary N) is 1.